The maximum Gasteiger partial charge on any atom is 0.327 e. The maximum atomic E-state index is 12.1. The number of unbranched alkanes of at least 4 members (excludes halogenated alkanes) is 3. The molecule has 0 unspecified atom stereocenters. The molecule has 26 heavy (non-hydrogen) atoms. The van der Waals surface area contributed by atoms with Gasteiger partial charge in [0.05, 0.1) is 6.10 Å². The second-order valence-corrected chi connectivity index (χ2v) is 7.41. The number of allylic oxidation sites excluding steroid dienone is 4. The summed E-state index contributed by atoms with van der Waals surface area (Å²) in [5, 5.41) is 18.7. The summed E-state index contributed by atoms with van der Waals surface area (Å²) >= 11 is 0. The van der Waals surface area contributed by atoms with Crippen LogP contribution in [0.3, 0.4) is 0 Å². The quantitative estimate of drug-likeness (QED) is 0.283. The van der Waals surface area contributed by atoms with Gasteiger partial charge in [-0.25, -0.2) is 4.79 Å². The molecule has 0 aromatic carbocycles. The lowest BCUT2D eigenvalue weighted by Crippen LogP contribution is -2.15. The van der Waals surface area contributed by atoms with Crippen LogP contribution in [-0.4, -0.2) is 28.1 Å². The standard InChI is InChI=1S/C22H34O4/c1-3-4-9-17(2)16-19(23)14-12-18-13-15-21(24)20(18)10-7-5-6-8-11-22(25)26/h8,11-15,17-20,23H,3-7,9-10,16H2,1-2H3,(H,25,26)/b11-8+,14-12+/t17-,18-,19+,20+/m0/s1. The average Bonchev–Trinajstić information content (AvgIpc) is 2.94. The highest BCUT2D eigenvalue weighted by molar-refractivity contribution is 5.94. The van der Waals surface area contributed by atoms with Crippen LogP contribution < -0.4 is 0 Å². The Bertz CT molecular complexity index is 518. The molecule has 0 saturated heterocycles. The zero-order chi connectivity index (χ0) is 19.4. The van der Waals surface area contributed by atoms with E-state index in [4.69, 9.17) is 5.11 Å². The van der Waals surface area contributed by atoms with Gasteiger partial charge in [0, 0.05) is 17.9 Å². The zero-order valence-corrected chi connectivity index (χ0v) is 16.1. The van der Waals surface area contributed by atoms with Crippen molar-refractivity contribution in [2.24, 2.45) is 17.8 Å². The lowest BCUT2D eigenvalue weighted by atomic mass is 9.88. The third-order valence-corrected chi connectivity index (χ3v) is 4.96. The maximum absolute atomic E-state index is 12.1. The van der Waals surface area contributed by atoms with Crippen LogP contribution in [0.1, 0.15) is 65.2 Å². The summed E-state index contributed by atoms with van der Waals surface area (Å²) in [6.45, 7) is 4.35. The van der Waals surface area contributed by atoms with Crippen molar-refractivity contribution in [1.82, 2.24) is 0 Å². The van der Waals surface area contributed by atoms with E-state index in [1.54, 1.807) is 12.2 Å². The van der Waals surface area contributed by atoms with Crippen LogP contribution in [0.25, 0.3) is 0 Å². The number of aliphatic hydroxyl groups excluding tert-OH is 1. The Morgan fingerprint density at radius 1 is 1.31 bits per heavy atom. The molecule has 4 nitrogen and oxygen atoms in total. The summed E-state index contributed by atoms with van der Waals surface area (Å²) in [4.78, 5) is 22.5. The van der Waals surface area contributed by atoms with Gasteiger partial charge in [-0.1, -0.05) is 63.8 Å². The summed E-state index contributed by atoms with van der Waals surface area (Å²) in [5.41, 5.74) is 0. The number of rotatable bonds is 13. The van der Waals surface area contributed by atoms with E-state index in [2.05, 4.69) is 13.8 Å². The van der Waals surface area contributed by atoms with Gasteiger partial charge in [-0.15, -0.1) is 0 Å². The predicted molar refractivity (Wildman–Crippen MR) is 105 cm³/mol. The summed E-state index contributed by atoms with van der Waals surface area (Å²) in [6, 6.07) is 0. The zero-order valence-electron chi connectivity index (χ0n) is 16.1. The minimum atomic E-state index is -0.923. The number of aliphatic hydroxyl groups is 1. The van der Waals surface area contributed by atoms with Gasteiger partial charge in [0.25, 0.3) is 0 Å². The van der Waals surface area contributed by atoms with Crippen molar-refractivity contribution in [1.29, 1.82) is 0 Å². The molecule has 0 heterocycles. The van der Waals surface area contributed by atoms with Gasteiger partial charge in [-0.3, -0.25) is 4.79 Å². The van der Waals surface area contributed by atoms with E-state index in [-0.39, 0.29) is 17.6 Å². The number of carbonyl (C=O) groups is 2. The number of ketones is 1. The summed E-state index contributed by atoms with van der Waals surface area (Å²) < 4.78 is 0. The minimum absolute atomic E-state index is 0.0422. The van der Waals surface area contributed by atoms with Crippen molar-refractivity contribution < 1.29 is 19.8 Å². The summed E-state index contributed by atoms with van der Waals surface area (Å²) in [7, 11) is 0. The van der Waals surface area contributed by atoms with E-state index in [0.717, 1.165) is 44.6 Å². The summed E-state index contributed by atoms with van der Waals surface area (Å²) in [6.07, 6.45) is 17.3. The van der Waals surface area contributed by atoms with Gasteiger partial charge in [0.1, 0.15) is 0 Å². The van der Waals surface area contributed by atoms with Crippen LogP contribution in [0.4, 0.5) is 0 Å². The topological polar surface area (TPSA) is 74.6 Å². The molecule has 0 aliphatic heterocycles. The molecule has 0 fully saturated rings. The number of aliphatic carboxylic acids is 1. The smallest absolute Gasteiger partial charge is 0.327 e. The Balaban J connectivity index is 2.38. The monoisotopic (exact) mass is 362 g/mol. The van der Waals surface area contributed by atoms with Crippen LogP contribution in [0, 0.1) is 17.8 Å². The first-order chi connectivity index (χ1) is 12.4. The van der Waals surface area contributed by atoms with E-state index in [1.807, 2.05) is 18.2 Å². The van der Waals surface area contributed by atoms with Gasteiger partial charge in [0.2, 0.25) is 0 Å². The Morgan fingerprint density at radius 2 is 2.08 bits per heavy atom. The number of carboxylic acids is 1. The van der Waals surface area contributed by atoms with E-state index in [9.17, 15) is 14.7 Å². The van der Waals surface area contributed by atoms with Gasteiger partial charge >= 0.3 is 5.97 Å². The average molecular weight is 363 g/mol. The second-order valence-electron chi connectivity index (χ2n) is 7.41. The van der Waals surface area contributed by atoms with Crippen LogP contribution in [0.15, 0.2) is 36.5 Å². The molecule has 2 N–H and O–H groups in total. The van der Waals surface area contributed by atoms with E-state index in [1.165, 1.54) is 12.8 Å². The molecule has 1 rings (SSSR count). The Labute approximate surface area is 157 Å². The molecule has 0 saturated carbocycles. The van der Waals surface area contributed by atoms with Crippen molar-refractivity contribution in [3.05, 3.63) is 36.5 Å². The predicted octanol–water partition coefficient (Wildman–Crippen LogP) is 4.69. The molecule has 146 valence electrons. The van der Waals surface area contributed by atoms with Crippen molar-refractivity contribution in [2.45, 2.75) is 71.3 Å². The molecule has 0 amide bonds. The second kappa shape index (κ2) is 12.6. The Morgan fingerprint density at radius 3 is 2.77 bits per heavy atom. The normalized spacial score (nSPS) is 22.5. The summed E-state index contributed by atoms with van der Waals surface area (Å²) in [5.74, 6) is -0.235. The first-order valence-corrected chi connectivity index (χ1v) is 9.92. The van der Waals surface area contributed by atoms with Crippen LogP contribution in [0.2, 0.25) is 0 Å². The molecule has 0 bridgehead atoms. The lowest BCUT2D eigenvalue weighted by molar-refractivity contribution is -0.131. The molecule has 1 aliphatic rings. The minimum Gasteiger partial charge on any atom is -0.478 e. The number of carboxylic acid groups (broad SMARTS) is 1. The molecule has 0 aromatic heterocycles. The largest absolute Gasteiger partial charge is 0.478 e. The third kappa shape index (κ3) is 9.14. The molecule has 0 aromatic rings. The van der Waals surface area contributed by atoms with Crippen molar-refractivity contribution >= 4 is 11.8 Å². The van der Waals surface area contributed by atoms with Gasteiger partial charge in [-0.2, -0.15) is 0 Å². The molecular weight excluding hydrogens is 328 g/mol. The molecule has 0 spiro atoms. The van der Waals surface area contributed by atoms with E-state index >= 15 is 0 Å². The number of hydrogen-bond acceptors (Lipinski definition) is 3. The SMILES string of the molecule is CCCC[C@H](C)C[C@H](O)/C=C/[C@H]1C=CC(=O)[C@@H]1CCCC/C=C/C(=O)O. The highest BCUT2D eigenvalue weighted by atomic mass is 16.4. The molecule has 4 heteroatoms. The molecular formula is C22H34O4. The van der Waals surface area contributed by atoms with Crippen molar-refractivity contribution in [3.63, 3.8) is 0 Å². The third-order valence-electron chi connectivity index (χ3n) is 4.96. The fourth-order valence-electron chi connectivity index (χ4n) is 3.41. The first-order valence-electron chi connectivity index (χ1n) is 9.92. The lowest BCUT2D eigenvalue weighted by Gasteiger charge is -2.16. The highest BCUT2D eigenvalue weighted by Gasteiger charge is 2.27. The highest BCUT2D eigenvalue weighted by Crippen LogP contribution is 2.29. The first kappa shape index (κ1) is 22.4. The fourth-order valence-corrected chi connectivity index (χ4v) is 3.41. The molecule has 0 radical (unpaired) electrons. The van der Waals surface area contributed by atoms with E-state index in [0.29, 0.717) is 5.92 Å². The fraction of sp³-hybridized carbons (Fsp3) is 0.636. The van der Waals surface area contributed by atoms with Gasteiger partial charge < -0.3 is 10.2 Å². The van der Waals surface area contributed by atoms with Crippen LogP contribution >= 0.6 is 0 Å². The molecule has 1 aliphatic carbocycles. The van der Waals surface area contributed by atoms with Crippen LogP contribution in [-0.2, 0) is 9.59 Å². The van der Waals surface area contributed by atoms with Crippen molar-refractivity contribution in [3.8, 4) is 0 Å². The molecule has 4 atom stereocenters. The van der Waals surface area contributed by atoms with E-state index < -0.39 is 12.1 Å². The Hall–Kier alpha value is -1.68. The van der Waals surface area contributed by atoms with Crippen molar-refractivity contribution in [2.75, 3.05) is 0 Å². The van der Waals surface area contributed by atoms with Crippen LogP contribution in [0.5, 0.6) is 0 Å². The number of carbonyl (C=O) groups excluding carboxylic acids is 1. The van der Waals surface area contributed by atoms with Gasteiger partial charge in [0.15, 0.2) is 5.78 Å². The Kier molecular flexibility index (Phi) is 10.9. The number of hydrogen-bond donors (Lipinski definition) is 2. The van der Waals surface area contributed by atoms with Gasteiger partial charge in [-0.05, 0) is 37.7 Å².